The summed E-state index contributed by atoms with van der Waals surface area (Å²) in [6.45, 7) is 8.44. The molecule has 1 aliphatic rings. The van der Waals surface area contributed by atoms with Gasteiger partial charge >= 0.3 is 0 Å². The number of nitrogens with zero attached hydrogens (tertiary/aromatic N) is 4. The van der Waals surface area contributed by atoms with Gasteiger partial charge in [0.15, 0.2) is 0 Å². The zero-order chi connectivity index (χ0) is 16.4. The molecular formula is C15H22N4O2S2. The fourth-order valence-corrected chi connectivity index (χ4v) is 5.44. The Hall–Kier alpha value is -1.22. The number of sulfonamides is 1. The van der Waals surface area contributed by atoms with Gasteiger partial charge in [0.05, 0.1) is 12.2 Å². The maximum absolute atomic E-state index is 12.5. The van der Waals surface area contributed by atoms with E-state index in [4.69, 9.17) is 0 Å². The summed E-state index contributed by atoms with van der Waals surface area (Å²) in [6, 6.07) is 5.53. The van der Waals surface area contributed by atoms with Crippen molar-refractivity contribution in [1.29, 1.82) is 0 Å². The van der Waals surface area contributed by atoms with E-state index in [1.54, 1.807) is 21.8 Å². The predicted octanol–water partition coefficient (Wildman–Crippen LogP) is 1.57. The fourth-order valence-electron chi connectivity index (χ4n) is 2.87. The van der Waals surface area contributed by atoms with Crippen LogP contribution in [0, 0.1) is 13.8 Å². The molecule has 0 unspecified atom stereocenters. The van der Waals surface area contributed by atoms with Crippen molar-refractivity contribution in [2.75, 3.05) is 32.7 Å². The molecule has 0 bridgehead atoms. The smallest absolute Gasteiger partial charge is 0.252 e. The van der Waals surface area contributed by atoms with Gasteiger partial charge in [0.25, 0.3) is 10.0 Å². The largest absolute Gasteiger partial charge is 0.299 e. The number of hydrogen-bond donors (Lipinski definition) is 0. The van der Waals surface area contributed by atoms with E-state index >= 15 is 0 Å². The van der Waals surface area contributed by atoms with Crippen LogP contribution in [0.4, 0.5) is 0 Å². The lowest BCUT2D eigenvalue weighted by atomic mass is 10.3. The van der Waals surface area contributed by atoms with Crippen molar-refractivity contribution in [3.63, 3.8) is 0 Å². The van der Waals surface area contributed by atoms with Crippen LogP contribution in [0.2, 0.25) is 0 Å². The van der Waals surface area contributed by atoms with Gasteiger partial charge in [-0.15, -0.1) is 11.3 Å². The van der Waals surface area contributed by atoms with Gasteiger partial charge in [-0.3, -0.25) is 9.58 Å². The van der Waals surface area contributed by atoms with Crippen LogP contribution in [0.3, 0.4) is 0 Å². The minimum atomic E-state index is -3.30. The fraction of sp³-hybridized carbons (Fsp3) is 0.533. The highest BCUT2D eigenvalue weighted by molar-refractivity contribution is 7.91. The average Bonchev–Trinajstić information content (AvgIpc) is 3.16. The Morgan fingerprint density at radius 1 is 1.17 bits per heavy atom. The molecule has 0 atom stereocenters. The molecule has 0 N–H and O–H groups in total. The average molecular weight is 355 g/mol. The van der Waals surface area contributed by atoms with Gasteiger partial charge in [-0.05, 0) is 31.4 Å². The van der Waals surface area contributed by atoms with Gasteiger partial charge in [0, 0.05) is 38.4 Å². The summed E-state index contributed by atoms with van der Waals surface area (Å²) in [4.78, 5) is 2.30. The van der Waals surface area contributed by atoms with E-state index in [0.717, 1.165) is 31.9 Å². The predicted molar refractivity (Wildman–Crippen MR) is 91.2 cm³/mol. The molecule has 0 aliphatic carbocycles. The van der Waals surface area contributed by atoms with Crippen molar-refractivity contribution in [3.8, 4) is 0 Å². The Morgan fingerprint density at radius 2 is 1.91 bits per heavy atom. The lowest BCUT2D eigenvalue weighted by molar-refractivity contribution is 0.180. The molecule has 3 rings (SSSR count). The van der Waals surface area contributed by atoms with Crippen LogP contribution in [0.15, 0.2) is 27.8 Å². The first-order chi connectivity index (χ1) is 11.0. The summed E-state index contributed by atoms with van der Waals surface area (Å²) in [5.41, 5.74) is 2.20. The molecule has 0 spiro atoms. The first-order valence-electron chi connectivity index (χ1n) is 7.74. The van der Waals surface area contributed by atoms with Crippen molar-refractivity contribution >= 4 is 21.4 Å². The summed E-state index contributed by atoms with van der Waals surface area (Å²) in [7, 11) is -3.30. The summed E-state index contributed by atoms with van der Waals surface area (Å²) in [5.74, 6) is 0. The number of rotatable bonds is 5. The molecule has 0 amide bonds. The van der Waals surface area contributed by atoms with Gasteiger partial charge in [-0.1, -0.05) is 6.07 Å². The van der Waals surface area contributed by atoms with Crippen LogP contribution >= 0.6 is 11.3 Å². The van der Waals surface area contributed by atoms with E-state index in [1.807, 2.05) is 11.6 Å². The Bertz CT molecular complexity index is 745. The number of aromatic nitrogens is 2. The van der Waals surface area contributed by atoms with E-state index in [9.17, 15) is 8.42 Å². The quantitative estimate of drug-likeness (QED) is 0.818. The molecule has 8 heteroatoms. The second-order valence-electron chi connectivity index (χ2n) is 5.83. The SMILES string of the molecule is Cc1cc(C)n(CCN2CCN(S(=O)(=O)c3cccs3)CC2)n1. The lowest BCUT2D eigenvalue weighted by Gasteiger charge is -2.33. The summed E-state index contributed by atoms with van der Waals surface area (Å²) >= 11 is 1.28. The zero-order valence-corrected chi connectivity index (χ0v) is 15.1. The third-order valence-corrected chi connectivity index (χ3v) is 7.42. The molecule has 2 aromatic rings. The standard InChI is InChI=1S/C15H22N4O2S2/c1-13-12-14(2)19(16-13)10-7-17-5-8-18(9-6-17)23(20,21)15-4-3-11-22-15/h3-4,11-12H,5-10H2,1-2H3. The molecule has 1 aliphatic heterocycles. The maximum atomic E-state index is 12.5. The molecule has 1 saturated heterocycles. The van der Waals surface area contributed by atoms with Crippen molar-refractivity contribution in [3.05, 3.63) is 35.0 Å². The molecule has 1 fully saturated rings. The van der Waals surface area contributed by atoms with E-state index in [0.29, 0.717) is 17.3 Å². The topological polar surface area (TPSA) is 58.4 Å². The maximum Gasteiger partial charge on any atom is 0.252 e. The van der Waals surface area contributed by atoms with Gasteiger partial charge in [0.2, 0.25) is 0 Å². The second-order valence-corrected chi connectivity index (χ2v) is 8.94. The first kappa shape index (κ1) is 16.6. The molecule has 3 heterocycles. The normalized spacial score (nSPS) is 17.7. The lowest BCUT2D eigenvalue weighted by Crippen LogP contribution is -2.49. The molecule has 23 heavy (non-hydrogen) atoms. The van der Waals surface area contributed by atoms with Crippen molar-refractivity contribution < 1.29 is 8.42 Å². The molecule has 2 aromatic heterocycles. The zero-order valence-electron chi connectivity index (χ0n) is 13.5. The van der Waals surface area contributed by atoms with E-state index < -0.39 is 10.0 Å². The Labute approximate surface area is 141 Å². The Balaban J connectivity index is 1.54. The van der Waals surface area contributed by atoms with Crippen molar-refractivity contribution in [2.45, 2.75) is 24.6 Å². The highest BCUT2D eigenvalue weighted by atomic mass is 32.2. The third kappa shape index (κ3) is 3.65. The van der Waals surface area contributed by atoms with Gasteiger partial charge in [0.1, 0.15) is 4.21 Å². The number of thiophene rings is 1. The van der Waals surface area contributed by atoms with Crippen LogP contribution in [0.1, 0.15) is 11.4 Å². The number of hydrogen-bond acceptors (Lipinski definition) is 5. The molecule has 126 valence electrons. The summed E-state index contributed by atoms with van der Waals surface area (Å²) in [5, 5.41) is 6.27. The highest BCUT2D eigenvalue weighted by Crippen LogP contribution is 2.21. The van der Waals surface area contributed by atoms with Crippen LogP contribution in [0.5, 0.6) is 0 Å². The van der Waals surface area contributed by atoms with Gasteiger partial charge in [-0.25, -0.2) is 8.42 Å². The van der Waals surface area contributed by atoms with Crippen LogP contribution in [-0.4, -0.2) is 60.1 Å². The number of aryl methyl sites for hydroxylation is 2. The highest BCUT2D eigenvalue weighted by Gasteiger charge is 2.28. The Kier molecular flexibility index (Phi) is 4.86. The van der Waals surface area contributed by atoms with E-state index in [2.05, 4.69) is 23.0 Å². The van der Waals surface area contributed by atoms with Crippen LogP contribution in [0.25, 0.3) is 0 Å². The van der Waals surface area contributed by atoms with Crippen molar-refractivity contribution in [2.24, 2.45) is 0 Å². The Morgan fingerprint density at radius 3 is 2.48 bits per heavy atom. The molecule has 6 nitrogen and oxygen atoms in total. The summed E-state index contributed by atoms with van der Waals surface area (Å²) in [6.07, 6.45) is 0. The second kappa shape index (κ2) is 6.72. The van der Waals surface area contributed by atoms with E-state index in [-0.39, 0.29) is 0 Å². The summed E-state index contributed by atoms with van der Waals surface area (Å²) < 4.78 is 29.0. The van der Waals surface area contributed by atoms with Gasteiger partial charge in [-0.2, -0.15) is 9.40 Å². The van der Waals surface area contributed by atoms with Crippen LogP contribution < -0.4 is 0 Å². The van der Waals surface area contributed by atoms with Crippen molar-refractivity contribution in [1.82, 2.24) is 19.0 Å². The minimum Gasteiger partial charge on any atom is -0.299 e. The molecular weight excluding hydrogens is 332 g/mol. The third-order valence-electron chi connectivity index (χ3n) is 4.15. The minimum absolute atomic E-state index is 0.439. The first-order valence-corrected chi connectivity index (χ1v) is 10.1. The molecule has 0 aromatic carbocycles. The number of piperazine rings is 1. The van der Waals surface area contributed by atoms with Gasteiger partial charge < -0.3 is 0 Å². The monoisotopic (exact) mass is 354 g/mol. The molecule has 0 saturated carbocycles. The molecule has 0 radical (unpaired) electrons. The van der Waals surface area contributed by atoms with E-state index in [1.165, 1.54) is 17.0 Å². The van der Waals surface area contributed by atoms with Crippen LogP contribution in [-0.2, 0) is 16.6 Å².